The lowest BCUT2D eigenvalue weighted by Crippen LogP contribution is -2.47. The third-order valence-electron chi connectivity index (χ3n) is 2.61. The maximum Gasteiger partial charge on any atom is 0.315 e. The van der Waals surface area contributed by atoms with Gasteiger partial charge in [-0.15, -0.1) is 0 Å². The highest BCUT2D eigenvalue weighted by atomic mass is 32.2. The van der Waals surface area contributed by atoms with Crippen LogP contribution in [0.1, 0.15) is 26.3 Å². The summed E-state index contributed by atoms with van der Waals surface area (Å²) < 4.78 is 50.6. The smallest absolute Gasteiger partial charge is 0.315 e. The summed E-state index contributed by atoms with van der Waals surface area (Å²) in [5.41, 5.74) is -0.930. The Kier molecular flexibility index (Phi) is 5.87. The van der Waals surface area contributed by atoms with Crippen LogP contribution in [0.4, 0.5) is 13.6 Å². The van der Waals surface area contributed by atoms with Gasteiger partial charge in [0.25, 0.3) is 0 Å². The quantitative estimate of drug-likeness (QED) is 0.864. The average Bonchev–Trinajstić information content (AvgIpc) is 2.31. The van der Waals surface area contributed by atoms with E-state index in [4.69, 9.17) is 0 Å². The van der Waals surface area contributed by atoms with Gasteiger partial charge in [-0.25, -0.2) is 22.0 Å². The van der Waals surface area contributed by atoms with Crippen molar-refractivity contribution in [1.29, 1.82) is 0 Å². The Morgan fingerprint density at radius 1 is 1.18 bits per heavy atom. The van der Waals surface area contributed by atoms with Gasteiger partial charge in [0.2, 0.25) is 0 Å². The van der Waals surface area contributed by atoms with E-state index in [0.717, 1.165) is 12.1 Å². The highest BCUT2D eigenvalue weighted by molar-refractivity contribution is 7.90. The molecule has 0 bridgehead atoms. The van der Waals surface area contributed by atoms with Crippen LogP contribution in [0.15, 0.2) is 18.2 Å². The van der Waals surface area contributed by atoms with E-state index in [9.17, 15) is 22.0 Å². The molecular formula is C14H20F2N2O3S. The Bertz CT molecular complexity index is 620. The predicted octanol–water partition coefficient (Wildman–Crippen LogP) is 1.98. The first-order valence-corrected chi connectivity index (χ1v) is 8.52. The fourth-order valence-electron chi connectivity index (χ4n) is 1.67. The average molecular weight is 334 g/mol. The molecule has 2 N–H and O–H groups in total. The minimum Gasteiger partial charge on any atom is -0.337 e. The highest BCUT2D eigenvalue weighted by Crippen LogP contribution is 2.15. The first-order chi connectivity index (χ1) is 10.0. The Hall–Kier alpha value is -1.70. The van der Waals surface area contributed by atoms with Crippen molar-refractivity contribution >= 4 is 15.9 Å². The molecule has 22 heavy (non-hydrogen) atoms. The van der Waals surface area contributed by atoms with E-state index in [2.05, 4.69) is 10.6 Å². The molecule has 0 heterocycles. The van der Waals surface area contributed by atoms with Crippen molar-refractivity contribution in [2.24, 2.45) is 0 Å². The topological polar surface area (TPSA) is 75.3 Å². The first kappa shape index (κ1) is 18.3. The summed E-state index contributed by atoms with van der Waals surface area (Å²) in [4.78, 5) is 11.5. The van der Waals surface area contributed by atoms with Crippen LogP contribution in [0.25, 0.3) is 0 Å². The van der Waals surface area contributed by atoms with E-state index in [1.807, 2.05) is 0 Å². The number of benzene rings is 1. The molecule has 2 amide bonds. The summed E-state index contributed by atoms with van der Waals surface area (Å²) >= 11 is 0. The minimum atomic E-state index is -3.74. The predicted molar refractivity (Wildman–Crippen MR) is 80.1 cm³/mol. The van der Waals surface area contributed by atoms with Gasteiger partial charge in [0.05, 0.1) is 11.5 Å². The van der Waals surface area contributed by atoms with E-state index in [-0.39, 0.29) is 6.54 Å². The van der Waals surface area contributed by atoms with Crippen LogP contribution < -0.4 is 10.6 Å². The molecule has 0 fully saturated rings. The fourth-order valence-corrected chi connectivity index (χ4v) is 2.94. The molecular weight excluding hydrogens is 314 g/mol. The van der Waals surface area contributed by atoms with Gasteiger partial charge in [0.1, 0.15) is 11.6 Å². The molecule has 1 aromatic rings. The normalized spacial score (nSPS) is 12.0. The lowest BCUT2D eigenvalue weighted by molar-refractivity contribution is 0.232. The monoisotopic (exact) mass is 334 g/mol. The molecule has 5 nitrogen and oxygen atoms in total. The Labute approximate surface area is 129 Å². The lowest BCUT2D eigenvalue weighted by atomic mass is 10.1. The summed E-state index contributed by atoms with van der Waals surface area (Å²) in [5, 5.41) is 5.00. The van der Waals surface area contributed by atoms with Crippen molar-refractivity contribution in [3.63, 3.8) is 0 Å². The van der Waals surface area contributed by atoms with Gasteiger partial charge in [-0.3, -0.25) is 0 Å². The molecule has 1 rings (SSSR count). The minimum absolute atomic E-state index is 0.139. The van der Waals surface area contributed by atoms with Crippen molar-refractivity contribution in [1.82, 2.24) is 10.6 Å². The Morgan fingerprint density at radius 3 is 2.23 bits per heavy atom. The summed E-state index contributed by atoms with van der Waals surface area (Å²) in [5.74, 6) is -2.95. The van der Waals surface area contributed by atoms with Crippen LogP contribution in [-0.2, 0) is 15.6 Å². The zero-order valence-electron chi connectivity index (χ0n) is 12.7. The Balaban J connectivity index is 2.57. The second-order valence-corrected chi connectivity index (χ2v) is 8.11. The molecule has 0 atom stereocenters. The number of halogens is 2. The van der Waals surface area contributed by atoms with Crippen LogP contribution >= 0.6 is 0 Å². The number of hydrogen-bond donors (Lipinski definition) is 2. The number of carbonyl (C=O) groups is 1. The van der Waals surface area contributed by atoms with E-state index in [0.29, 0.717) is 0 Å². The molecule has 0 aliphatic carbocycles. The number of nitrogens with one attached hydrogen (secondary N) is 2. The van der Waals surface area contributed by atoms with Crippen molar-refractivity contribution in [3.05, 3.63) is 35.4 Å². The summed E-state index contributed by atoms with van der Waals surface area (Å²) in [6.45, 7) is 5.21. The summed E-state index contributed by atoms with van der Waals surface area (Å²) in [7, 11) is -3.74. The van der Waals surface area contributed by atoms with Gasteiger partial charge in [-0.1, -0.05) is 6.07 Å². The van der Waals surface area contributed by atoms with Crippen LogP contribution in [0.5, 0.6) is 0 Å². The van der Waals surface area contributed by atoms with E-state index < -0.39 is 50.1 Å². The summed E-state index contributed by atoms with van der Waals surface area (Å²) in [6.07, 6.45) is 0. The molecule has 0 aliphatic heterocycles. The molecule has 8 heteroatoms. The van der Waals surface area contributed by atoms with E-state index in [1.165, 1.54) is 6.07 Å². The number of urea groups is 1. The van der Waals surface area contributed by atoms with Gasteiger partial charge in [-0.05, 0) is 32.9 Å². The van der Waals surface area contributed by atoms with Crippen molar-refractivity contribution in [2.75, 3.05) is 12.3 Å². The highest BCUT2D eigenvalue weighted by Gasteiger charge is 2.19. The third-order valence-corrected chi connectivity index (χ3v) is 4.17. The molecule has 0 aliphatic rings. The van der Waals surface area contributed by atoms with Crippen LogP contribution in [-0.4, -0.2) is 32.3 Å². The standard InChI is InChI=1S/C14H20F2N2O3S/c1-14(2,3)18-13(19)17-7-8-22(20,21)9-10-11(15)5-4-6-12(10)16/h4-6H,7-9H2,1-3H3,(H2,17,18,19). The van der Waals surface area contributed by atoms with E-state index in [1.54, 1.807) is 20.8 Å². The van der Waals surface area contributed by atoms with Gasteiger partial charge in [0.15, 0.2) is 9.84 Å². The van der Waals surface area contributed by atoms with E-state index >= 15 is 0 Å². The van der Waals surface area contributed by atoms with Crippen LogP contribution in [0.2, 0.25) is 0 Å². The summed E-state index contributed by atoms with van der Waals surface area (Å²) in [6, 6.07) is 2.67. The molecule has 1 aromatic carbocycles. The largest absolute Gasteiger partial charge is 0.337 e. The number of carbonyl (C=O) groups excluding carboxylic acids is 1. The number of sulfone groups is 1. The van der Waals surface area contributed by atoms with Crippen molar-refractivity contribution in [2.45, 2.75) is 32.1 Å². The van der Waals surface area contributed by atoms with Gasteiger partial charge < -0.3 is 10.6 Å². The molecule has 0 spiro atoms. The number of hydrogen-bond acceptors (Lipinski definition) is 3. The molecule has 0 radical (unpaired) electrons. The van der Waals surface area contributed by atoms with Crippen molar-refractivity contribution < 1.29 is 22.0 Å². The Morgan fingerprint density at radius 2 is 1.73 bits per heavy atom. The van der Waals surface area contributed by atoms with Gasteiger partial charge in [-0.2, -0.15) is 0 Å². The molecule has 0 saturated carbocycles. The molecule has 124 valence electrons. The zero-order valence-corrected chi connectivity index (χ0v) is 13.6. The van der Waals surface area contributed by atoms with Gasteiger partial charge in [0, 0.05) is 17.6 Å². The molecule has 0 saturated heterocycles. The second kappa shape index (κ2) is 7.04. The maximum absolute atomic E-state index is 13.4. The maximum atomic E-state index is 13.4. The first-order valence-electron chi connectivity index (χ1n) is 6.69. The zero-order chi connectivity index (χ0) is 17.0. The second-order valence-electron chi connectivity index (χ2n) is 5.92. The van der Waals surface area contributed by atoms with Crippen LogP contribution in [0.3, 0.4) is 0 Å². The van der Waals surface area contributed by atoms with Crippen LogP contribution in [0, 0.1) is 11.6 Å². The van der Waals surface area contributed by atoms with Crippen molar-refractivity contribution in [3.8, 4) is 0 Å². The lowest BCUT2D eigenvalue weighted by Gasteiger charge is -2.20. The number of rotatable bonds is 5. The van der Waals surface area contributed by atoms with Gasteiger partial charge >= 0.3 is 6.03 Å². The fraction of sp³-hybridized carbons (Fsp3) is 0.500. The molecule has 0 unspecified atom stereocenters. The number of amides is 2. The SMILES string of the molecule is CC(C)(C)NC(=O)NCCS(=O)(=O)Cc1c(F)cccc1F. The molecule has 0 aromatic heterocycles. The third kappa shape index (κ3) is 6.38.